The summed E-state index contributed by atoms with van der Waals surface area (Å²) in [4.78, 5) is 15.8. The van der Waals surface area contributed by atoms with E-state index in [-0.39, 0.29) is 12.5 Å². The van der Waals surface area contributed by atoms with Crippen molar-refractivity contribution in [1.82, 2.24) is 4.98 Å². The van der Waals surface area contributed by atoms with Gasteiger partial charge in [0.05, 0.1) is 5.56 Å². The lowest BCUT2D eigenvalue weighted by molar-refractivity contribution is 0.0440. The smallest absolute Gasteiger partial charge is 0.338 e. The molecule has 0 atom stereocenters. The molecule has 2 aromatic carbocycles. The van der Waals surface area contributed by atoms with Gasteiger partial charge in [0.15, 0.2) is 12.2 Å². The van der Waals surface area contributed by atoms with Crippen LogP contribution in [0.2, 0.25) is 0 Å². The monoisotopic (exact) mass is 271 g/mol. The number of benzene rings is 2. The van der Waals surface area contributed by atoms with Crippen LogP contribution in [-0.2, 0) is 11.3 Å². The zero-order valence-electron chi connectivity index (χ0n) is 10.4. The predicted octanol–water partition coefficient (Wildman–Crippen LogP) is 3.32. The molecule has 100 valence electrons. The number of ether oxygens (including phenoxy) is 1. The van der Waals surface area contributed by atoms with Gasteiger partial charge in [-0.15, -0.1) is 0 Å². The van der Waals surface area contributed by atoms with Crippen LogP contribution in [0, 0.1) is 5.82 Å². The first kappa shape index (κ1) is 12.3. The molecule has 4 nitrogen and oxygen atoms in total. The molecule has 0 aliphatic carbocycles. The van der Waals surface area contributed by atoms with E-state index in [1.54, 1.807) is 24.3 Å². The van der Waals surface area contributed by atoms with Gasteiger partial charge >= 0.3 is 5.97 Å². The van der Waals surface area contributed by atoms with Crippen molar-refractivity contribution in [3.63, 3.8) is 0 Å². The number of hydrogen-bond acceptors (Lipinski definition) is 4. The highest BCUT2D eigenvalue weighted by Crippen LogP contribution is 2.17. The number of fused-ring (bicyclic) bond motifs is 1. The van der Waals surface area contributed by atoms with E-state index >= 15 is 0 Å². The average molecular weight is 271 g/mol. The number of nitrogens with zero attached hydrogens (tertiary/aromatic N) is 1. The third-order valence-corrected chi connectivity index (χ3v) is 2.73. The molecule has 0 aliphatic heterocycles. The molecule has 0 fully saturated rings. The summed E-state index contributed by atoms with van der Waals surface area (Å²) in [5.41, 5.74) is 1.31. The standard InChI is InChI=1S/C15H10FNO3/c16-11-6-7-12-13(8-11)20-14(17-12)9-19-15(18)10-4-2-1-3-5-10/h1-8H,9H2. The Bertz CT molecular complexity index is 752. The molecule has 0 saturated heterocycles. The minimum atomic E-state index is -0.459. The predicted molar refractivity (Wildman–Crippen MR) is 69.5 cm³/mol. The van der Waals surface area contributed by atoms with Crippen LogP contribution in [0.5, 0.6) is 0 Å². The SMILES string of the molecule is O=C(OCc1nc2ccc(F)cc2o1)c1ccccc1. The zero-order valence-corrected chi connectivity index (χ0v) is 10.4. The summed E-state index contributed by atoms with van der Waals surface area (Å²) in [5.74, 6) is -0.629. The van der Waals surface area contributed by atoms with E-state index in [2.05, 4.69) is 4.98 Å². The van der Waals surface area contributed by atoms with E-state index in [9.17, 15) is 9.18 Å². The maximum Gasteiger partial charge on any atom is 0.338 e. The molecule has 0 amide bonds. The van der Waals surface area contributed by atoms with Crippen molar-refractivity contribution in [1.29, 1.82) is 0 Å². The third kappa shape index (κ3) is 2.51. The van der Waals surface area contributed by atoms with E-state index in [4.69, 9.17) is 9.15 Å². The Balaban J connectivity index is 1.72. The second-order valence-corrected chi connectivity index (χ2v) is 4.16. The van der Waals surface area contributed by atoms with Crippen LogP contribution in [0.4, 0.5) is 4.39 Å². The minimum absolute atomic E-state index is 0.0932. The lowest BCUT2D eigenvalue weighted by Gasteiger charge is -2.01. The topological polar surface area (TPSA) is 52.3 Å². The molecule has 3 rings (SSSR count). The van der Waals surface area contributed by atoms with Gasteiger partial charge in [-0.05, 0) is 24.3 Å². The molecule has 0 N–H and O–H groups in total. The number of aromatic nitrogens is 1. The molecule has 0 spiro atoms. The molecule has 1 heterocycles. The van der Waals surface area contributed by atoms with Crippen LogP contribution in [0.3, 0.4) is 0 Å². The summed E-state index contributed by atoms with van der Waals surface area (Å²) in [5, 5.41) is 0. The average Bonchev–Trinajstić information content (AvgIpc) is 2.87. The number of carbonyl (C=O) groups excluding carboxylic acids is 1. The highest BCUT2D eigenvalue weighted by Gasteiger charge is 2.11. The van der Waals surface area contributed by atoms with Crippen LogP contribution in [0.25, 0.3) is 11.1 Å². The Morgan fingerprint density at radius 1 is 1.20 bits per heavy atom. The highest BCUT2D eigenvalue weighted by atomic mass is 19.1. The first-order valence-electron chi connectivity index (χ1n) is 5.99. The molecule has 5 heteroatoms. The lowest BCUT2D eigenvalue weighted by Crippen LogP contribution is -2.04. The third-order valence-electron chi connectivity index (χ3n) is 2.73. The van der Waals surface area contributed by atoms with Gasteiger partial charge < -0.3 is 9.15 Å². The van der Waals surface area contributed by atoms with Crippen molar-refractivity contribution < 1.29 is 18.3 Å². The van der Waals surface area contributed by atoms with Crippen molar-refractivity contribution in [3.05, 3.63) is 65.8 Å². The van der Waals surface area contributed by atoms with Gasteiger partial charge in [0.2, 0.25) is 5.89 Å². The van der Waals surface area contributed by atoms with E-state index in [0.29, 0.717) is 16.7 Å². The van der Waals surface area contributed by atoms with Crippen molar-refractivity contribution >= 4 is 17.1 Å². The first-order chi connectivity index (χ1) is 9.72. The van der Waals surface area contributed by atoms with E-state index in [0.717, 1.165) is 0 Å². The van der Waals surface area contributed by atoms with Gasteiger partial charge in [0, 0.05) is 6.07 Å². The normalized spacial score (nSPS) is 10.7. The summed E-state index contributed by atoms with van der Waals surface area (Å²) in [6.45, 7) is -0.0932. The Kier molecular flexibility index (Phi) is 3.16. The summed E-state index contributed by atoms with van der Waals surface area (Å²) in [6.07, 6.45) is 0. The zero-order chi connectivity index (χ0) is 13.9. The van der Waals surface area contributed by atoms with Gasteiger partial charge in [-0.1, -0.05) is 18.2 Å². The fourth-order valence-electron chi connectivity index (χ4n) is 1.79. The molecule has 0 radical (unpaired) electrons. The number of carbonyl (C=O) groups is 1. The van der Waals surface area contributed by atoms with Crippen molar-refractivity contribution in [2.45, 2.75) is 6.61 Å². The van der Waals surface area contributed by atoms with E-state index in [1.165, 1.54) is 18.2 Å². The number of rotatable bonds is 3. The van der Waals surface area contributed by atoms with Crippen LogP contribution in [0.15, 0.2) is 52.9 Å². The lowest BCUT2D eigenvalue weighted by atomic mass is 10.2. The Labute approximate surface area is 113 Å². The summed E-state index contributed by atoms with van der Waals surface area (Å²) in [6, 6.07) is 12.7. The van der Waals surface area contributed by atoms with Gasteiger partial charge in [0.1, 0.15) is 11.3 Å². The number of oxazole rings is 1. The Morgan fingerprint density at radius 3 is 2.80 bits per heavy atom. The summed E-state index contributed by atoms with van der Waals surface area (Å²) in [7, 11) is 0. The summed E-state index contributed by atoms with van der Waals surface area (Å²) < 4.78 is 23.4. The van der Waals surface area contributed by atoms with Crippen LogP contribution >= 0.6 is 0 Å². The molecule has 3 aromatic rings. The minimum Gasteiger partial charge on any atom is -0.452 e. The van der Waals surface area contributed by atoms with E-state index < -0.39 is 11.8 Å². The maximum atomic E-state index is 13.0. The fraction of sp³-hybridized carbons (Fsp3) is 0.0667. The van der Waals surface area contributed by atoms with Crippen LogP contribution in [-0.4, -0.2) is 11.0 Å². The first-order valence-corrected chi connectivity index (χ1v) is 5.99. The molecule has 0 bridgehead atoms. The van der Waals surface area contributed by atoms with Crippen molar-refractivity contribution in [2.24, 2.45) is 0 Å². The molecular formula is C15H10FNO3. The molecule has 1 aromatic heterocycles. The summed E-state index contributed by atoms with van der Waals surface area (Å²) >= 11 is 0. The maximum absolute atomic E-state index is 13.0. The fourth-order valence-corrected chi connectivity index (χ4v) is 1.79. The molecule has 0 saturated carbocycles. The number of esters is 1. The Morgan fingerprint density at radius 2 is 2.00 bits per heavy atom. The van der Waals surface area contributed by atoms with Gasteiger partial charge in [0.25, 0.3) is 0 Å². The number of halogens is 1. The quantitative estimate of drug-likeness (QED) is 0.686. The van der Waals surface area contributed by atoms with E-state index in [1.807, 2.05) is 6.07 Å². The Hall–Kier alpha value is -2.69. The van der Waals surface area contributed by atoms with Crippen molar-refractivity contribution in [3.8, 4) is 0 Å². The second-order valence-electron chi connectivity index (χ2n) is 4.16. The second kappa shape index (κ2) is 5.13. The highest BCUT2D eigenvalue weighted by molar-refractivity contribution is 5.89. The van der Waals surface area contributed by atoms with Crippen LogP contribution in [0.1, 0.15) is 16.2 Å². The molecule has 20 heavy (non-hydrogen) atoms. The van der Waals surface area contributed by atoms with Crippen molar-refractivity contribution in [2.75, 3.05) is 0 Å². The van der Waals surface area contributed by atoms with Gasteiger partial charge in [-0.2, -0.15) is 0 Å². The van der Waals surface area contributed by atoms with Crippen LogP contribution < -0.4 is 0 Å². The molecule has 0 unspecified atom stereocenters. The molecular weight excluding hydrogens is 261 g/mol. The van der Waals surface area contributed by atoms with Gasteiger partial charge in [-0.3, -0.25) is 0 Å². The number of hydrogen-bond donors (Lipinski definition) is 0. The van der Waals surface area contributed by atoms with Gasteiger partial charge in [-0.25, -0.2) is 14.2 Å². The molecule has 0 aliphatic rings. The largest absolute Gasteiger partial charge is 0.452 e.